The number of hydrogen-bond acceptors (Lipinski definition) is 1. The van der Waals surface area contributed by atoms with Crippen LogP contribution in [0.4, 0.5) is 12.9 Å². The smallest absolute Gasteiger partial charge is 0.445 e. The van der Waals surface area contributed by atoms with Crippen LogP contribution in [-0.4, -0.2) is 20.2 Å². The van der Waals surface area contributed by atoms with Gasteiger partial charge in [-0.2, -0.15) is 0 Å². The molecule has 14 heavy (non-hydrogen) atoms. The van der Waals surface area contributed by atoms with Crippen molar-refractivity contribution in [3.63, 3.8) is 0 Å². The van der Waals surface area contributed by atoms with E-state index in [-0.39, 0.29) is 57.5 Å². The molecular weight excluding hydrogens is 219 g/mol. The van der Waals surface area contributed by atoms with Gasteiger partial charge in [-0.3, -0.25) is 0 Å². The van der Waals surface area contributed by atoms with Crippen LogP contribution in [0.3, 0.4) is 0 Å². The van der Waals surface area contributed by atoms with Crippen LogP contribution in [0.5, 0.6) is 0 Å². The van der Waals surface area contributed by atoms with Gasteiger partial charge in [-0.25, -0.2) is 0 Å². The standard InChI is InChI=1S/C8H15BF3O.K/c1-3-5-8(13-2)6-4-7-9(10,11)12;/h4,7-8H,3,5-6H2,1-2H3;/q-1;+1/b7-4+;/t8-;/m0./s1. The van der Waals surface area contributed by atoms with E-state index >= 15 is 0 Å². The molecule has 0 aliphatic carbocycles. The van der Waals surface area contributed by atoms with Crippen LogP contribution in [0.1, 0.15) is 26.2 Å². The second-order valence-corrected chi connectivity index (χ2v) is 2.94. The van der Waals surface area contributed by atoms with E-state index in [1.165, 1.54) is 7.11 Å². The SMILES string of the molecule is CCC[C@@H](C/C=C/[B-](F)(F)F)OC.[K+]. The van der Waals surface area contributed by atoms with E-state index in [2.05, 4.69) is 0 Å². The van der Waals surface area contributed by atoms with Gasteiger partial charge in [0.1, 0.15) is 0 Å². The summed E-state index contributed by atoms with van der Waals surface area (Å²) in [4.78, 5) is 0. The van der Waals surface area contributed by atoms with Gasteiger partial charge >= 0.3 is 58.4 Å². The molecule has 0 aromatic heterocycles. The summed E-state index contributed by atoms with van der Waals surface area (Å²) >= 11 is 0. The first-order valence-electron chi connectivity index (χ1n) is 4.40. The predicted molar refractivity (Wildman–Crippen MR) is 48.5 cm³/mol. The van der Waals surface area contributed by atoms with Crippen molar-refractivity contribution < 1.29 is 69.1 Å². The summed E-state index contributed by atoms with van der Waals surface area (Å²) in [6.45, 7) is -2.81. The Morgan fingerprint density at radius 3 is 2.29 bits per heavy atom. The van der Waals surface area contributed by atoms with Crippen LogP contribution < -0.4 is 51.4 Å². The van der Waals surface area contributed by atoms with Crippen molar-refractivity contribution in [2.24, 2.45) is 0 Å². The normalized spacial score (nSPS) is 14.1. The first-order valence-corrected chi connectivity index (χ1v) is 4.40. The summed E-state index contributed by atoms with van der Waals surface area (Å²) < 4.78 is 40.2. The third-order valence-corrected chi connectivity index (χ3v) is 1.70. The monoisotopic (exact) mass is 234 g/mol. The minimum atomic E-state index is -4.79. The summed E-state index contributed by atoms with van der Waals surface area (Å²) in [5, 5.41) is 0. The summed E-state index contributed by atoms with van der Waals surface area (Å²) in [7, 11) is 1.52. The molecule has 1 nitrogen and oxygen atoms in total. The van der Waals surface area contributed by atoms with E-state index in [4.69, 9.17) is 4.74 Å². The molecule has 1 atom stereocenters. The Morgan fingerprint density at radius 2 is 1.93 bits per heavy atom. The van der Waals surface area contributed by atoms with Crippen molar-refractivity contribution in [3.05, 3.63) is 12.1 Å². The van der Waals surface area contributed by atoms with Gasteiger partial charge in [0.2, 0.25) is 0 Å². The van der Waals surface area contributed by atoms with Crippen LogP contribution in [0, 0.1) is 0 Å². The first-order chi connectivity index (χ1) is 5.99. The second kappa shape index (κ2) is 9.42. The molecule has 78 valence electrons. The summed E-state index contributed by atoms with van der Waals surface area (Å²) in [6, 6.07) is 0. The molecular formula is C8H15BF3KO. The molecule has 0 aliphatic heterocycles. The first kappa shape index (κ1) is 17.6. The molecule has 0 spiro atoms. The zero-order valence-corrected chi connectivity index (χ0v) is 12.1. The Morgan fingerprint density at radius 1 is 1.36 bits per heavy atom. The fourth-order valence-electron chi connectivity index (χ4n) is 1.04. The molecule has 0 aromatic rings. The van der Waals surface area contributed by atoms with Crippen LogP contribution in [-0.2, 0) is 4.74 Å². The van der Waals surface area contributed by atoms with Gasteiger partial charge in [-0.15, -0.1) is 12.1 Å². The molecule has 0 amide bonds. The largest absolute Gasteiger partial charge is 1.00 e. The maximum Gasteiger partial charge on any atom is 1.00 e. The second-order valence-electron chi connectivity index (χ2n) is 2.94. The maximum absolute atomic E-state index is 11.7. The zero-order chi connectivity index (χ0) is 10.3. The zero-order valence-electron chi connectivity index (χ0n) is 8.97. The van der Waals surface area contributed by atoms with Crippen molar-refractivity contribution in [1.82, 2.24) is 0 Å². The number of hydrogen-bond donors (Lipinski definition) is 0. The molecule has 6 heteroatoms. The molecule has 0 aliphatic rings. The van der Waals surface area contributed by atoms with Crippen LogP contribution in [0.25, 0.3) is 0 Å². The average Bonchev–Trinajstić information content (AvgIpc) is 2.01. The van der Waals surface area contributed by atoms with E-state index in [0.717, 1.165) is 18.9 Å². The van der Waals surface area contributed by atoms with Crippen molar-refractivity contribution in [3.8, 4) is 0 Å². The van der Waals surface area contributed by atoms with Gasteiger partial charge in [-0.05, 0) is 12.8 Å². The number of methoxy groups -OCH3 is 1. The Bertz CT molecular complexity index is 161. The molecule has 0 saturated carbocycles. The molecule has 0 radical (unpaired) electrons. The topological polar surface area (TPSA) is 9.23 Å². The maximum atomic E-state index is 11.7. The minimum absolute atomic E-state index is 0. The molecule has 0 rings (SSSR count). The third kappa shape index (κ3) is 11.3. The van der Waals surface area contributed by atoms with Crippen LogP contribution in [0.15, 0.2) is 12.1 Å². The van der Waals surface area contributed by atoms with E-state index in [1.807, 2.05) is 6.92 Å². The molecule has 0 bridgehead atoms. The number of ether oxygens (including phenoxy) is 1. The van der Waals surface area contributed by atoms with Gasteiger partial charge in [0.25, 0.3) is 0 Å². The Hall–Kier alpha value is 1.19. The fraction of sp³-hybridized carbons (Fsp3) is 0.750. The van der Waals surface area contributed by atoms with Crippen LogP contribution in [0.2, 0.25) is 0 Å². The summed E-state index contributed by atoms with van der Waals surface area (Å²) in [5.41, 5.74) is 0. The van der Waals surface area contributed by atoms with Crippen molar-refractivity contribution >= 4 is 6.98 Å². The quantitative estimate of drug-likeness (QED) is 0.594. The Balaban J connectivity index is 0. The Labute approximate surface area is 126 Å². The minimum Gasteiger partial charge on any atom is -0.445 e. The van der Waals surface area contributed by atoms with E-state index < -0.39 is 6.98 Å². The average molecular weight is 234 g/mol. The van der Waals surface area contributed by atoms with E-state index in [9.17, 15) is 12.9 Å². The van der Waals surface area contributed by atoms with Gasteiger partial charge in [0, 0.05) is 7.11 Å². The Kier molecular flexibility index (Phi) is 11.8. The van der Waals surface area contributed by atoms with Gasteiger partial charge in [0.05, 0.1) is 6.10 Å². The summed E-state index contributed by atoms with van der Waals surface area (Å²) in [6.07, 6.45) is 3.12. The van der Waals surface area contributed by atoms with Crippen LogP contribution >= 0.6 is 0 Å². The molecule has 0 unspecified atom stereocenters. The molecule has 0 saturated heterocycles. The number of halogens is 3. The van der Waals surface area contributed by atoms with Gasteiger partial charge < -0.3 is 17.7 Å². The van der Waals surface area contributed by atoms with Crippen molar-refractivity contribution in [2.45, 2.75) is 32.3 Å². The molecule has 0 aromatic carbocycles. The third-order valence-electron chi connectivity index (χ3n) is 1.70. The fourth-order valence-corrected chi connectivity index (χ4v) is 1.04. The van der Waals surface area contributed by atoms with E-state index in [1.54, 1.807) is 0 Å². The van der Waals surface area contributed by atoms with Gasteiger partial charge in [0.15, 0.2) is 0 Å². The number of rotatable bonds is 6. The summed E-state index contributed by atoms with van der Waals surface area (Å²) in [5.74, 6) is 0.321. The van der Waals surface area contributed by atoms with E-state index in [0.29, 0.717) is 12.4 Å². The van der Waals surface area contributed by atoms with Crippen molar-refractivity contribution in [2.75, 3.05) is 7.11 Å². The van der Waals surface area contributed by atoms with Gasteiger partial charge in [-0.1, -0.05) is 13.3 Å². The van der Waals surface area contributed by atoms with Crippen molar-refractivity contribution in [1.29, 1.82) is 0 Å². The molecule has 0 heterocycles. The molecule has 0 N–H and O–H groups in total. The predicted octanol–water partition coefficient (Wildman–Crippen LogP) is 0.138. The molecule has 0 fully saturated rings.